The predicted octanol–water partition coefficient (Wildman–Crippen LogP) is 6.30. The highest BCUT2D eigenvalue weighted by molar-refractivity contribution is 5.59. The first kappa shape index (κ1) is 23.1. The lowest BCUT2D eigenvalue weighted by Crippen LogP contribution is -2.47. The van der Waals surface area contributed by atoms with Gasteiger partial charge in [0, 0.05) is 51.0 Å². The van der Waals surface area contributed by atoms with Crippen LogP contribution in [0.3, 0.4) is 0 Å². The molecule has 0 saturated carbocycles. The molecule has 3 heteroatoms. The van der Waals surface area contributed by atoms with Gasteiger partial charge in [-0.05, 0) is 60.5 Å². The SMILES string of the molecule is CCCN1CCN(c2cccc3c2[C@H](N(Cc2ccccc2)Cc2ccccc2)CCC3)CC1. The molecule has 1 atom stereocenters. The van der Waals surface area contributed by atoms with Gasteiger partial charge in [0.15, 0.2) is 0 Å². The fourth-order valence-corrected chi connectivity index (χ4v) is 5.91. The molecule has 1 saturated heterocycles. The van der Waals surface area contributed by atoms with E-state index in [-0.39, 0.29) is 0 Å². The lowest BCUT2D eigenvalue weighted by atomic mass is 9.84. The molecule has 3 aromatic carbocycles. The van der Waals surface area contributed by atoms with Crippen LogP contribution in [0.25, 0.3) is 0 Å². The number of nitrogens with zero attached hydrogens (tertiary/aromatic N) is 3. The van der Waals surface area contributed by atoms with Crippen LogP contribution in [-0.4, -0.2) is 42.5 Å². The van der Waals surface area contributed by atoms with Gasteiger partial charge in [-0.2, -0.15) is 0 Å². The highest BCUT2D eigenvalue weighted by atomic mass is 15.3. The molecule has 0 unspecified atom stereocenters. The molecule has 0 spiro atoms. The maximum atomic E-state index is 2.74. The zero-order valence-corrected chi connectivity index (χ0v) is 20.7. The Morgan fingerprint density at radius 3 is 2.03 bits per heavy atom. The van der Waals surface area contributed by atoms with E-state index in [4.69, 9.17) is 0 Å². The first-order valence-corrected chi connectivity index (χ1v) is 13.2. The topological polar surface area (TPSA) is 9.72 Å². The molecule has 1 heterocycles. The molecule has 0 radical (unpaired) electrons. The number of hydrogen-bond acceptors (Lipinski definition) is 3. The first-order valence-electron chi connectivity index (χ1n) is 13.2. The number of aryl methyl sites for hydroxylation is 1. The summed E-state index contributed by atoms with van der Waals surface area (Å²) in [6, 6.07) is 29.6. The highest BCUT2D eigenvalue weighted by Gasteiger charge is 2.31. The van der Waals surface area contributed by atoms with E-state index in [2.05, 4.69) is 100 Å². The lowest BCUT2D eigenvalue weighted by Gasteiger charge is -2.42. The van der Waals surface area contributed by atoms with Gasteiger partial charge in [-0.25, -0.2) is 0 Å². The Morgan fingerprint density at radius 2 is 1.41 bits per heavy atom. The summed E-state index contributed by atoms with van der Waals surface area (Å²) in [7, 11) is 0. The average molecular weight is 454 g/mol. The molecule has 3 nitrogen and oxygen atoms in total. The minimum Gasteiger partial charge on any atom is -0.369 e. The number of fused-ring (bicyclic) bond motifs is 1. The minimum absolute atomic E-state index is 0.453. The van der Waals surface area contributed by atoms with E-state index in [1.165, 1.54) is 62.1 Å². The van der Waals surface area contributed by atoms with Gasteiger partial charge in [0.1, 0.15) is 0 Å². The van der Waals surface area contributed by atoms with E-state index in [0.29, 0.717) is 6.04 Å². The molecule has 0 bridgehead atoms. The molecule has 0 aromatic heterocycles. The number of rotatable bonds is 8. The smallest absolute Gasteiger partial charge is 0.0418 e. The number of piperazine rings is 1. The zero-order valence-electron chi connectivity index (χ0n) is 20.7. The summed E-state index contributed by atoms with van der Waals surface area (Å²) in [5.74, 6) is 0. The van der Waals surface area contributed by atoms with E-state index in [9.17, 15) is 0 Å². The summed E-state index contributed by atoms with van der Waals surface area (Å²) in [6.07, 6.45) is 4.96. The molecule has 5 rings (SSSR count). The molecule has 1 fully saturated rings. The lowest BCUT2D eigenvalue weighted by molar-refractivity contribution is 0.161. The third-order valence-electron chi connectivity index (χ3n) is 7.58. The van der Waals surface area contributed by atoms with Crippen molar-refractivity contribution in [2.45, 2.75) is 51.7 Å². The highest BCUT2D eigenvalue weighted by Crippen LogP contribution is 2.42. The summed E-state index contributed by atoms with van der Waals surface area (Å²) < 4.78 is 0. The summed E-state index contributed by atoms with van der Waals surface area (Å²) in [4.78, 5) is 8.03. The molecule has 0 amide bonds. The van der Waals surface area contributed by atoms with Gasteiger partial charge in [0.05, 0.1) is 0 Å². The van der Waals surface area contributed by atoms with E-state index in [1.807, 2.05) is 0 Å². The van der Waals surface area contributed by atoms with Gasteiger partial charge >= 0.3 is 0 Å². The van der Waals surface area contributed by atoms with Crippen molar-refractivity contribution in [2.75, 3.05) is 37.6 Å². The number of benzene rings is 3. The van der Waals surface area contributed by atoms with Crippen LogP contribution in [0.5, 0.6) is 0 Å². The second-order valence-electron chi connectivity index (χ2n) is 9.96. The van der Waals surface area contributed by atoms with Crippen molar-refractivity contribution < 1.29 is 0 Å². The second-order valence-corrected chi connectivity index (χ2v) is 9.96. The summed E-state index contributed by atoms with van der Waals surface area (Å²) >= 11 is 0. The van der Waals surface area contributed by atoms with Crippen LogP contribution in [0.2, 0.25) is 0 Å². The van der Waals surface area contributed by atoms with Crippen LogP contribution in [0.15, 0.2) is 78.9 Å². The summed E-state index contributed by atoms with van der Waals surface area (Å²) in [5.41, 5.74) is 7.46. The Bertz CT molecular complexity index is 984. The van der Waals surface area contributed by atoms with Crippen LogP contribution in [-0.2, 0) is 19.5 Å². The Labute approximate surface area is 206 Å². The molecule has 0 N–H and O–H groups in total. The summed E-state index contributed by atoms with van der Waals surface area (Å²) in [5, 5.41) is 0. The third kappa shape index (κ3) is 5.37. The van der Waals surface area contributed by atoms with Crippen molar-refractivity contribution in [3.8, 4) is 0 Å². The van der Waals surface area contributed by atoms with Crippen LogP contribution < -0.4 is 4.90 Å². The second kappa shape index (κ2) is 11.2. The number of hydrogen-bond donors (Lipinski definition) is 0. The standard InChI is InChI=1S/C31H39N3/c1-2-19-32-20-22-33(23-21-32)29-17-9-15-28-16-10-18-30(31(28)29)34(24-26-11-5-3-6-12-26)25-27-13-7-4-8-14-27/h3-9,11-15,17,30H,2,10,16,18-25H2,1H3/t30-/m1/s1. The van der Waals surface area contributed by atoms with Gasteiger partial charge in [0.2, 0.25) is 0 Å². The average Bonchev–Trinajstić information content (AvgIpc) is 2.89. The molecule has 178 valence electrons. The molecule has 1 aliphatic carbocycles. The monoisotopic (exact) mass is 453 g/mol. The Morgan fingerprint density at radius 1 is 0.765 bits per heavy atom. The quantitative estimate of drug-likeness (QED) is 0.396. The van der Waals surface area contributed by atoms with Crippen molar-refractivity contribution in [3.05, 3.63) is 101 Å². The van der Waals surface area contributed by atoms with E-state index in [1.54, 1.807) is 11.1 Å². The van der Waals surface area contributed by atoms with Crippen LogP contribution in [0.4, 0.5) is 5.69 Å². The Kier molecular flexibility index (Phi) is 7.62. The third-order valence-corrected chi connectivity index (χ3v) is 7.58. The van der Waals surface area contributed by atoms with E-state index >= 15 is 0 Å². The molecule has 2 aliphatic rings. The van der Waals surface area contributed by atoms with Gasteiger partial charge in [-0.3, -0.25) is 9.80 Å². The van der Waals surface area contributed by atoms with Crippen LogP contribution in [0.1, 0.15) is 54.5 Å². The largest absolute Gasteiger partial charge is 0.369 e. The van der Waals surface area contributed by atoms with Crippen molar-refractivity contribution >= 4 is 5.69 Å². The fourth-order valence-electron chi connectivity index (χ4n) is 5.91. The molecule has 1 aliphatic heterocycles. The van der Waals surface area contributed by atoms with Crippen molar-refractivity contribution in [3.63, 3.8) is 0 Å². The molecule has 34 heavy (non-hydrogen) atoms. The molecule has 3 aromatic rings. The molecular formula is C31H39N3. The summed E-state index contributed by atoms with van der Waals surface area (Å²) in [6.45, 7) is 10.1. The van der Waals surface area contributed by atoms with Crippen LogP contribution >= 0.6 is 0 Å². The van der Waals surface area contributed by atoms with Gasteiger partial charge in [0.25, 0.3) is 0 Å². The van der Waals surface area contributed by atoms with Crippen LogP contribution in [0, 0.1) is 0 Å². The van der Waals surface area contributed by atoms with E-state index < -0.39 is 0 Å². The van der Waals surface area contributed by atoms with E-state index in [0.717, 1.165) is 26.2 Å². The number of anilines is 1. The molecular weight excluding hydrogens is 414 g/mol. The van der Waals surface area contributed by atoms with Crippen molar-refractivity contribution in [1.82, 2.24) is 9.80 Å². The van der Waals surface area contributed by atoms with Gasteiger partial charge in [-0.15, -0.1) is 0 Å². The predicted molar refractivity (Wildman–Crippen MR) is 143 cm³/mol. The van der Waals surface area contributed by atoms with Gasteiger partial charge in [-0.1, -0.05) is 79.7 Å². The maximum absolute atomic E-state index is 2.74. The fraction of sp³-hybridized carbons (Fsp3) is 0.419. The normalized spacial score (nSPS) is 18.8. The first-order chi connectivity index (χ1) is 16.8. The maximum Gasteiger partial charge on any atom is 0.0418 e. The minimum atomic E-state index is 0.453. The Hall–Kier alpha value is -2.62. The zero-order chi connectivity index (χ0) is 23.2. The van der Waals surface area contributed by atoms with Crippen molar-refractivity contribution in [1.29, 1.82) is 0 Å². The van der Waals surface area contributed by atoms with Crippen molar-refractivity contribution in [2.24, 2.45) is 0 Å². The van der Waals surface area contributed by atoms with Gasteiger partial charge < -0.3 is 4.90 Å². The Balaban J connectivity index is 1.46.